The van der Waals surface area contributed by atoms with Gasteiger partial charge in [0.2, 0.25) is 11.0 Å². The van der Waals surface area contributed by atoms with E-state index in [1.807, 2.05) is 30.3 Å². The molecule has 2 heterocycles. The molecule has 1 N–H and O–H groups in total. The number of para-hydroxylation sites is 1. The van der Waals surface area contributed by atoms with E-state index in [4.69, 9.17) is 4.52 Å². The molecule has 0 unspecified atom stereocenters. The first-order valence-corrected chi connectivity index (χ1v) is 5.98. The van der Waals surface area contributed by atoms with Crippen molar-refractivity contribution < 1.29 is 14.0 Å². The van der Waals surface area contributed by atoms with E-state index in [0.717, 1.165) is 5.69 Å². The van der Waals surface area contributed by atoms with Crippen molar-refractivity contribution in [2.45, 2.75) is 0 Å². The molecule has 6 nitrogen and oxygen atoms in total. The van der Waals surface area contributed by atoms with Gasteiger partial charge in [-0.2, -0.15) is 0 Å². The molecule has 1 amide bonds. The van der Waals surface area contributed by atoms with Crippen molar-refractivity contribution in [3.63, 3.8) is 0 Å². The highest BCUT2D eigenvalue weighted by molar-refractivity contribution is 6.03. The summed E-state index contributed by atoms with van der Waals surface area (Å²) in [6.45, 7) is 0. The predicted molar refractivity (Wildman–Crippen MR) is 70.2 cm³/mol. The fourth-order valence-electron chi connectivity index (χ4n) is 1.68. The monoisotopic (exact) mass is 267 g/mol. The van der Waals surface area contributed by atoms with E-state index >= 15 is 0 Å². The van der Waals surface area contributed by atoms with Gasteiger partial charge in [0, 0.05) is 24.5 Å². The number of benzene rings is 1. The summed E-state index contributed by atoms with van der Waals surface area (Å²) in [4.78, 5) is 15.8. The van der Waals surface area contributed by atoms with E-state index in [2.05, 4.69) is 15.6 Å². The molecule has 0 bridgehead atoms. The van der Waals surface area contributed by atoms with Crippen LogP contribution in [0.2, 0.25) is 0 Å². The van der Waals surface area contributed by atoms with Gasteiger partial charge in [-0.1, -0.05) is 18.2 Å². The molecular formula is C14H11N4O2+. The van der Waals surface area contributed by atoms with E-state index in [9.17, 15) is 4.79 Å². The fraction of sp³-hybridized carbons (Fsp3) is 0. The van der Waals surface area contributed by atoms with Crippen molar-refractivity contribution in [3.8, 4) is 5.69 Å². The average Bonchev–Trinajstić information content (AvgIpc) is 2.97. The van der Waals surface area contributed by atoms with Gasteiger partial charge in [-0.25, -0.2) is 0 Å². The fourth-order valence-corrected chi connectivity index (χ4v) is 1.68. The Bertz CT molecular complexity index is 710. The number of rotatable bonds is 3. The van der Waals surface area contributed by atoms with E-state index in [0.29, 0.717) is 5.56 Å². The smallest absolute Gasteiger partial charge is 0.285 e. The molecule has 3 aromatic rings. The Morgan fingerprint density at radius 2 is 2.00 bits per heavy atom. The molecule has 98 valence electrons. The van der Waals surface area contributed by atoms with Crippen LogP contribution in [-0.4, -0.2) is 16.2 Å². The molecule has 20 heavy (non-hydrogen) atoms. The summed E-state index contributed by atoms with van der Waals surface area (Å²) in [6, 6.07) is 12.8. The number of amides is 1. The molecule has 0 aliphatic carbocycles. The zero-order valence-corrected chi connectivity index (χ0v) is 10.4. The minimum atomic E-state index is -0.297. The summed E-state index contributed by atoms with van der Waals surface area (Å²) >= 11 is 0. The minimum absolute atomic E-state index is 0.266. The summed E-state index contributed by atoms with van der Waals surface area (Å²) in [5.74, 6) is -0.0304. The summed E-state index contributed by atoms with van der Waals surface area (Å²) < 4.78 is 6.61. The van der Waals surface area contributed by atoms with Crippen molar-refractivity contribution in [1.82, 2.24) is 10.3 Å². The molecule has 0 aliphatic heterocycles. The number of hydrogen-bond donors (Lipinski definition) is 1. The molecule has 0 saturated heterocycles. The van der Waals surface area contributed by atoms with E-state index in [-0.39, 0.29) is 11.8 Å². The number of anilines is 1. The standard InChI is InChI=1S/C14H10N4O2/c19-14(11-5-4-8-15-9-11)16-13-10-18(17-20-13)12-6-2-1-3-7-12/h1-10H/p+1. The van der Waals surface area contributed by atoms with Crippen LogP contribution in [-0.2, 0) is 0 Å². The molecule has 0 spiro atoms. The highest BCUT2D eigenvalue weighted by atomic mass is 16.5. The van der Waals surface area contributed by atoms with E-state index in [1.165, 1.54) is 6.20 Å². The Hall–Kier alpha value is -3.02. The lowest BCUT2D eigenvalue weighted by atomic mass is 10.3. The summed E-state index contributed by atoms with van der Waals surface area (Å²) in [5, 5.41) is 6.46. The third-order valence-electron chi connectivity index (χ3n) is 2.65. The lowest BCUT2D eigenvalue weighted by Gasteiger charge is -1.97. The van der Waals surface area contributed by atoms with Crippen LogP contribution < -0.4 is 10.00 Å². The number of carbonyl (C=O) groups excluding carboxylic acids is 1. The molecule has 3 rings (SSSR count). The summed E-state index contributed by atoms with van der Waals surface area (Å²) in [6.07, 6.45) is 4.69. The second-order valence-corrected chi connectivity index (χ2v) is 4.04. The Morgan fingerprint density at radius 3 is 2.75 bits per heavy atom. The molecule has 0 aliphatic rings. The zero-order valence-electron chi connectivity index (χ0n) is 10.4. The third-order valence-corrected chi connectivity index (χ3v) is 2.65. The van der Waals surface area contributed by atoms with Gasteiger partial charge < -0.3 is 0 Å². The van der Waals surface area contributed by atoms with Gasteiger partial charge in [-0.3, -0.25) is 19.6 Å². The molecule has 0 radical (unpaired) electrons. The summed E-state index contributed by atoms with van der Waals surface area (Å²) in [7, 11) is 0. The van der Waals surface area contributed by atoms with Crippen LogP contribution in [0.1, 0.15) is 10.4 Å². The van der Waals surface area contributed by atoms with Gasteiger partial charge in [-0.05, 0) is 16.8 Å². The highest BCUT2D eigenvalue weighted by Crippen LogP contribution is 2.06. The van der Waals surface area contributed by atoms with E-state index < -0.39 is 0 Å². The molecular weight excluding hydrogens is 256 g/mol. The number of hydrogen-bond acceptors (Lipinski definition) is 4. The molecule has 6 heteroatoms. The van der Waals surface area contributed by atoms with Gasteiger partial charge in [0.25, 0.3) is 12.1 Å². The van der Waals surface area contributed by atoms with Crippen LogP contribution in [0.3, 0.4) is 0 Å². The second kappa shape index (κ2) is 5.31. The molecule has 2 aromatic heterocycles. The maximum atomic E-state index is 11.9. The van der Waals surface area contributed by atoms with Crippen LogP contribution in [0, 0.1) is 0 Å². The van der Waals surface area contributed by atoms with Crippen LogP contribution in [0.15, 0.2) is 65.6 Å². The Labute approximate surface area is 114 Å². The topological polar surface area (TPSA) is 71.9 Å². The van der Waals surface area contributed by atoms with Gasteiger partial charge in [-0.15, -0.1) is 0 Å². The van der Waals surface area contributed by atoms with Gasteiger partial charge in [0.05, 0.1) is 5.56 Å². The quantitative estimate of drug-likeness (QED) is 0.732. The number of aromatic nitrogens is 3. The number of pyridine rings is 1. The molecule has 0 saturated carbocycles. The van der Waals surface area contributed by atoms with Crippen molar-refractivity contribution >= 4 is 11.8 Å². The highest BCUT2D eigenvalue weighted by Gasteiger charge is 2.16. The lowest BCUT2D eigenvalue weighted by molar-refractivity contribution is -0.670. The maximum Gasteiger partial charge on any atom is 0.303 e. The number of carbonyl (C=O) groups is 1. The Morgan fingerprint density at radius 1 is 1.15 bits per heavy atom. The molecule has 0 fully saturated rings. The van der Waals surface area contributed by atoms with Crippen molar-refractivity contribution in [1.29, 1.82) is 0 Å². The van der Waals surface area contributed by atoms with Gasteiger partial charge in [0.15, 0.2) is 0 Å². The normalized spacial score (nSPS) is 10.2. The first-order chi connectivity index (χ1) is 9.83. The minimum Gasteiger partial charge on any atom is -0.285 e. The first-order valence-electron chi connectivity index (χ1n) is 5.98. The average molecular weight is 267 g/mol. The van der Waals surface area contributed by atoms with Gasteiger partial charge >= 0.3 is 5.88 Å². The zero-order chi connectivity index (χ0) is 13.8. The largest absolute Gasteiger partial charge is 0.303 e. The Balaban J connectivity index is 1.77. The Kier molecular flexibility index (Phi) is 3.20. The van der Waals surface area contributed by atoms with Crippen molar-refractivity contribution in [3.05, 3.63) is 66.6 Å². The second-order valence-electron chi connectivity index (χ2n) is 4.04. The molecule has 0 atom stereocenters. The van der Waals surface area contributed by atoms with Crippen LogP contribution >= 0.6 is 0 Å². The van der Waals surface area contributed by atoms with E-state index in [1.54, 1.807) is 29.2 Å². The SMILES string of the molecule is O=C(Nc1c[n+](-c2ccccc2)no1)c1cccnc1. The van der Waals surface area contributed by atoms with Crippen LogP contribution in [0.25, 0.3) is 5.69 Å². The van der Waals surface area contributed by atoms with Gasteiger partial charge in [0.1, 0.15) is 0 Å². The number of nitrogens with one attached hydrogen (secondary N) is 1. The summed E-state index contributed by atoms with van der Waals surface area (Å²) in [5.41, 5.74) is 1.30. The molecule has 1 aromatic carbocycles. The predicted octanol–water partition coefficient (Wildman–Crippen LogP) is 1.60. The van der Waals surface area contributed by atoms with Crippen molar-refractivity contribution in [2.24, 2.45) is 0 Å². The van der Waals surface area contributed by atoms with Crippen molar-refractivity contribution in [2.75, 3.05) is 5.32 Å². The van der Waals surface area contributed by atoms with Crippen LogP contribution in [0.4, 0.5) is 5.88 Å². The lowest BCUT2D eigenvalue weighted by Crippen LogP contribution is -2.31. The van der Waals surface area contributed by atoms with Crippen LogP contribution in [0.5, 0.6) is 0 Å². The number of nitrogens with zero attached hydrogens (tertiary/aromatic N) is 3. The maximum absolute atomic E-state index is 11.9. The first kappa shape index (κ1) is 12.0. The third kappa shape index (κ3) is 2.54.